The minimum absolute atomic E-state index is 0.00277. The number of nitrogens with zero attached hydrogens (tertiary/aromatic N) is 2. The molecule has 1 atom stereocenters. The third-order valence-electron chi connectivity index (χ3n) is 2.71. The number of rotatable bonds is 3. The highest BCUT2D eigenvalue weighted by molar-refractivity contribution is 7.85. The van der Waals surface area contributed by atoms with Gasteiger partial charge < -0.3 is 4.90 Å². The average Bonchev–Trinajstić information content (AvgIpc) is 2.65. The van der Waals surface area contributed by atoms with E-state index in [0.29, 0.717) is 6.54 Å². The van der Waals surface area contributed by atoms with Crippen LogP contribution in [-0.2, 0) is 10.1 Å². The zero-order chi connectivity index (χ0) is 11.6. The van der Waals surface area contributed by atoms with Gasteiger partial charge in [0, 0.05) is 19.3 Å². The molecule has 0 aliphatic carbocycles. The Morgan fingerprint density at radius 2 is 2.31 bits per heavy atom. The predicted molar refractivity (Wildman–Crippen MR) is 61.0 cm³/mol. The summed E-state index contributed by atoms with van der Waals surface area (Å²) in [6.07, 6.45) is 2.49. The van der Waals surface area contributed by atoms with Crippen LogP contribution in [0, 0.1) is 5.92 Å². The summed E-state index contributed by atoms with van der Waals surface area (Å²) >= 11 is 0. The van der Waals surface area contributed by atoms with Gasteiger partial charge >= 0.3 is 0 Å². The molecule has 0 spiro atoms. The van der Waals surface area contributed by atoms with Crippen molar-refractivity contribution >= 4 is 15.9 Å². The first kappa shape index (κ1) is 11.3. The van der Waals surface area contributed by atoms with Crippen molar-refractivity contribution in [3.05, 3.63) is 24.4 Å². The van der Waals surface area contributed by atoms with Gasteiger partial charge in [-0.15, -0.1) is 0 Å². The van der Waals surface area contributed by atoms with E-state index in [1.54, 1.807) is 6.20 Å². The lowest BCUT2D eigenvalue weighted by molar-refractivity contribution is 0.469. The molecule has 6 heteroatoms. The summed E-state index contributed by atoms with van der Waals surface area (Å²) in [6.45, 7) is 1.42. The number of hydrogen-bond donors (Lipinski definition) is 1. The minimum Gasteiger partial charge on any atom is -0.356 e. The summed E-state index contributed by atoms with van der Waals surface area (Å²) < 4.78 is 30.3. The molecule has 1 fully saturated rings. The van der Waals surface area contributed by atoms with Gasteiger partial charge in [0.15, 0.2) is 0 Å². The smallest absolute Gasteiger partial charge is 0.265 e. The van der Waals surface area contributed by atoms with Crippen LogP contribution in [0.15, 0.2) is 24.4 Å². The van der Waals surface area contributed by atoms with Crippen molar-refractivity contribution < 1.29 is 13.0 Å². The van der Waals surface area contributed by atoms with Gasteiger partial charge in [-0.05, 0) is 24.5 Å². The van der Waals surface area contributed by atoms with E-state index in [-0.39, 0.29) is 11.7 Å². The van der Waals surface area contributed by atoms with Crippen LogP contribution in [0.1, 0.15) is 6.42 Å². The van der Waals surface area contributed by atoms with Crippen molar-refractivity contribution in [2.24, 2.45) is 5.92 Å². The largest absolute Gasteiger partial charge is 0.356 e. The van der Waals surface area contributed by atoms with E-state index in [9.17, 15) is 8.42 Å². The van der Waals surface area contributed by atoms with Crippen LogP contribution in [-0.4, -0.2) is 36.8 Å². The van der Waals surface area contributed by atoms with Gasteiger partial charge in [0.2, 0.25) is 0 Å². The molecule has 1 aromatic heterocycles. The Morgan fingerprint density at radius 3 is 2.94 bits per heavy atom. The van der Waals surface area contributed by atoms with E-state index in [1.807, 2.05) is 23.1 Å². The molecule has 88 valence electrons. The Labute approximate surface area is 94.9 Å². The summed E-state index contributed by atoms with van der Waals surface area (Å²) in [5.41, 5.74) is 0. The molecule has 0 radical (unpaired) electrons. The quantitative estimate of drug-likeness (QED) is 0.794. The molecule has 1 aliphatic rings. The van der Waals surface area contributed by atoms with Gasteiger partial charge in [-0.3, -0.25) is 4.55 Å². The van der Waals surface area contributed by atoms with E-state index in [1.165, 1.54) is 0 Å². The Kier molecular flexibility index (Phi) is 3.11. The molecule has 0 amide bonds. The molecule has 1 N–H and O–H groups in total. The maximum absolute atomic E-state index is 10.8. The third-order valence-corrected chi connectivity index (χ3v) is 3.60. The lowest BCUT2D eigenvalue weighted by Gasteiger charge is -2.16. The lowest BCUT2D eigenvalue weighted by atomic mass is 10.2. The molecule has 1 unspecified atom stereocenters. The topological polar surface area (TPSA) is 70.5 Å². The zero-order valence-corrected chi connectivity index (χ0v) is 9.60. The van der Waals surface area contributed by atoms with Crippen molar-refractivity contribution in [3.63, 3.8) is 0 Å². The normalized spacial score (nSPS) is 21.3. The van der Waals surface area contributed by atoms with Crippen molar-refractivity contribution in [2.45, 2.75) is 6.42 Å². The Balaban J connectivity index is 1.99. The van der Waals surface area contributed by atoms with Gasteiger partial charge in [0.05, 0.1) is 5.75 Å². The van der Waals surface area contributed by atoms with E-state index < -0.39 is 10.1 Å². The standard InChI is InChI=1S/C10H14N2O3S/c13-16(14,15)8-9-4-6-12(7-9)10-3-1-2-5-11-10/h1-3,5,9H,4,6-8H2,(H,13,14,15). The fraction of sp³-hybridized carbons (Fsp3) is 0.500. The molecule has 0 bridgehead atoms. The van der Waals surface area contributed by atoms with Crippen LogP contribution >= 0.6 is 0 Å². The fourth-order valence-electron chi connectivity index (χ4n) is 2.02. The fourth-order valence-corrected chi connectivity index (χ4v) is 2.88. The molecule has 5 nitrogen and oxygen atoms in total. The van der Waals surface area contributed by atoms with Gasteiger partial charge in [0.1, 0.15) is 5.82 Å². The number of pyridine rings is 1. The zero-order valence-electron chi connectivity index (χ0n) is 8.78. The first-order valence-corrected chi connectivity index (χ1v) is 6.77. The highest BCUT2D eigenvalue weighted by Gasteiger charge is 2.26. The van der Waals surface area contributed by atoms with Gasteiger partial charge in [-0.25, -0.2) is 4.98 Å². The highest BCUT2D eigenvalue weighted by atomic mass is 32.2. The lowest BCUT2D eigenvalue weighted by Crippen LogP contribution is -2.23. The first-order chi connectivity index (χ1) is 7.54. The molecular weight excluding hydrogens is 228 g/mol. The van der Waals surface area contributed by atoms with E-state index in [4.69, 9.17) is 4.55 Å². The summed E-state index contributed by atoms with van der Waals surface area (Å²) in [5, 5.41) is 0. The average molecular weight is 242 g/mol. The van der Waals surface area contributed by atoms with Crippen molar-refractivity contribution in [2.75, 3.05) is 23.7 Å². The van der Waals surface area contributed by atoms with Crippen LogP contribution in [0.2, 0.25) is 0 Å². The van der Waals surface area contributed by atoms with Crippen molar-refractivity contribution in [3.8, 4) is 0 Å². The Bertz CT molecular complexity index is 446. The molecule has 2 heterocycles. The first-order valence-electron chi connectivity index (χ1n) is 5.16. The van der Waals surface area contributed by atoms with Crippen LogP contribution in [0.25, 0.3) is 0 Å². The minimum atomic E-state index is -3.86. The summed E-state index contributed by atoms with van der Waals surface area (Å²) in [5.74, 6) is 0.702. The molecular formula is C10H14N2O3S. The summed E-state index contributed by atoms with van der Waals surface area (Å²) in [6, 6.07) is 5.64. The SMILES string of the molecule is O=S(=O)(O)CC1CCN(c2ccccn2)C1. The molecule has 2 rings (SSSR count). The number of aromatic nitrogens is 1. The third kappa shape index (κ3) is 2.93. The van der Waals surface area contributed by atoms with Crippen LogP contribution < -0.4 is 4.90 Å². The summed E-state index contributed by atoms with van der Waals surface area (Å²) in [7, 11) is -3.86. The maximum atomic E-state index is 10.8. The number of anilines is 1. The van der Waals surface area contributed by atoms with Crippen LogP contribution in [0.5, 0.6) is 0 Å². The van der Waals surface area contributed by atoms with Gasteiger partial charge in [-0.1, -0.05) is 6.07 Å². The molecule has 1 aliphatic heterocycles. The molecule has 1 saturated heterocycles. The summed E-state index contributed by atoms with van der Waals surface area (Å²) in [4.78, 5) is 6.24. The van der Waals surface area contributed by atoms with E-state index in [2.05, 4.69) is 4.98 Å². The van der Waals surface area contributed by atoms with Crippen molar-refractivity contribution in [1.82, 2.24) is 4.98 Å². The Morgan fingerprint density at radius 1 is 1.50 bits per heavy atom. The molecule has 0 saturated carbocycles. The van der Waals surface area contributed by atoms with E-state index in [0.717, 1.165) is 18.8 Å². The Hall–Kier alpha value is -1.14. The molecule has 16 heavy (non-hydrogen) atoms. The molecule has 0 aromatic carbocycles. The monoisotopic (exact) mass is 242 g/mol. The highest BCUT2D eigenvalue weighted by Crippen LogP contribution is 2.22. The van der Waals surface area contributed by atoms with E-state index >= 15 is 0 Å². The van der Waals surface area contributed by atoms with Crippen LogP contribution in [0.4, 0.5) is 5.82 Å². The number of hydrogen-bond acceptors (Lipinski definition) is 4. The predicted octanol–water partition coefficient (Wildman–Crippen LogP) is 0.796. The second kappa shape index (κ2) is 4.39. The van der Waals surface area contributed by atoms with Gasteiger partial charge in [0.25, 0.3) is 10.1 Å². The second-order valence-electron chi connectivity index (χ2n) is 4.04. The van der Waals surface area contributed by atoms with Crippen LogP contribution in [0.3, 0.4) is 0 Å². The van der Waals surface area contributed by atoms with Gasteiger partial charge in [-0.2, -0.15) is 8.42 Å². The molecule has 1 aromatic rings. The van der Waals surface area contributed by atoms with Crippen molar-refractivity contribution in [1.29, 1.82) is 0 Å². The second-order valence-corrected chi connectivity index (χ2v) is 5.53. The maximum Gasteiger partial charge on any atom is 0.265 e.